The van der Waals surface area contributed by atoms with Crippen LogP contribution in [0.2, 0.25) is 0 Å². The Labute approximate surface area is 83.0 Å². The van der Waals surface area contributed by atoms with Crippen molar-refractivity contribution in [3.8, 4) is 5.75 Å². The molecule has 1 atom stereocenters. The minimum atomic E-state index is -0.719. The first-order valence-corrected chi connectivity index (χ1v) is 4.28. The lowest BCUT2D eigenvalue weighted by atomic mass is 10.3. The number of para-hydroxylation sites is 1. The van der Waals surface area contributed by atoms with Crippen molar-refractivity contribution in [1.29, 1.82) is 0 Å². The molecule has 14 heavy (non-hydrogen) atoms. The highest BCUT2D eigenvalue weighted by atomic mass is 16.7. The monoisotopic (exact) mass is 192 g/mol. The molecule has 0 amide bonds. The number of rotatable bonds is 3. The Hall–Kier alpha value is -1.77. The van der Waals surface area contributed by atoms with Crippen LogP contribution in [-0.2, 0) is 4.74 Å². The van der Waals surface area contributed by atoms with Gasteiger partial charge in [-0.3, -0.25) is 0 Å². The van der Waals surface area contributed by atoms with Crippen LogP contribution in [0.15, 0.2) is 43.0 Å². The van der Waals surface area contributed by atoms with Crippen LogP contribution in [-0.4, -0.2) is 12.3 Å². The maximum absolute atomic E-state index is 11.1. The highest BCUT2D eigenvalue weighted by Gasteiger charge is 2.08. The molecule has 0 bridgehead atoms. The SMILES string of the molecule is C=CC(C)OC(=O)Oc1ccccc1. The van der Waals surface area contributed by atoms with Gasteiger partial charge in [-0.15, -0.1) is 0 Å². The highest BCUT2D eigenvalue weighted by Crippen LogP contribution is 2.09. The molecule has 0 heterocycles. The number of ether oxygens (including phenoxy) is 2. The molecule has 0 radical (unpaired) electrons. The van der Waals surface area contributed by atoms with Crippen LogP contribution in [0.25, 0.3) is 0 Å². The molecule has 0 aliphatic carbocycles. The Morgan fingerprint density at radius 2 is 2.07 bits per heavy atom. The molecule has 1 aromatic carbocycles. The summed E-state index contributed by atoms with van der Waals surface area (Å²) in [6, 6.07) is 8.75. The van der Waals surface area contributed by atoms with Crippen LogP contribution in [0, 0.1) is 0 Å². The average molecular weight is 192 g/mol. The molecule has 0 saturated heterocycles. The Bertz CT molecular complexity index is 306. The van der Waals surface area contributed by atoms with Crippen molar-refractivity contribution in [3.63, 3.8) is 0 Å². The maximum Gasteiger partial charge on any atom is 0.514 e. The van der Waals surface area contributed by atoms with Gasteiger partial charge in [0.1, 0.15) is 11.9 Å². The first-order chi connectivity index (χ1) is 6.72. The Balaban J connectivity index is 2.46. The normalized spacial score (nSPS) is 11.5. The van der Waals surface area contributed by atoms with Gasteiger partial charge < -0.3 is 9.47 Å². The van der Waals surface area contributed by atoms with E-state index < -0.39 is 6.16 Å². The summed E-state index contributed by atoms with van der Waals surface area (Å²) in [7, 11) is 0. The lowest BCUT2D eigenvalue weighted by molar-refractivity contribution is 0.0825. The molecule has 3 heteroatoms. The molecule has 0 saturated carbocycles. The van der Waals surface area contributed by atoms with Gasteiger partial charge in [-0.25, -0.2) is 4.79 Å². The van der Waals surface area contributed by atoms with Crippen LogP contribution in [0.4, 0.5) is 4.79 Å². The second-order valence-electron chi connectivity index (χ2n) is 2.72. The summed E-state index contributed by atoms with van der Waals surface area (Å²) in [5.74, 6) is 0.466. The molecule has 0 aromatic heterocycles. The van der Waals surface area contributed by atoms with E-state index in [2.05, 4.69) is 6.58 Å². The standard InChI is InChI=1S/C11H12O3/c1-3-9(2)13-11(12)14-10-7-5-4-6-8-10/h3-9H,1H2,2H3. The molecule has 0 aliphatic rings. The highest BCUT2D eigenvalue weighted by molar-refractivity contribution is 5.64. The zero-order chi connectivity index (χ0) is 10.4. The molecule has 3 nitrogen and oxygen atoms in total. The van der Waals surface area contributed by atoms with Crippen molar-refractivity contribution in [2.75, 3.05) is 0 Å². The summed E-state index contributed by atoms with van der Waals surface area (Å²) in [6.45, 7) is 5.20. The molecule has 1 unspecified atom stereocenters. The maximum atomic E-state index is 11.1. The fourth-order valence-corrected chi connectivity index (χ4v) is 0.809. The summed E-state index contributed by atoms with van der Waals surface area (Å²) < 4.78 is 9.70. The first kappa shape index (κ1) is 10.3. The minimum absolute atomic E-state index is 0.341. The van der Waals surface area contributed by atoms with Gasteiger partial charge in [0.25, 0.3) is 0 Å². The lowest BCUT2D eigenvalue weighted by Gasteiger charge is -2.08. The van der Waals surface area contributed by atoms with E-state index in [9.17, 15) is 4.79 Å². The van der Waals surface area contributed by atoms with Crippen LogP contribution < -0.4 is 4.74 Å². The van der Waals surface area contributed by atoms with Gasteiger partial charge in [-0.05, 0) is 19.1 Å². The molecule has 0 spiro atoms. The van der Waals surface area contributed by atoms with Crippen LogP contribution in [0.5, 0.6) is 5.75 Å². The number of carbonyl (C=O) groups is 1. The van der Waals surface area contributed by atoms with Gasteiger partial charge in [-0.2, -0.15) is 0 Å². The summed E-state index contributed by atoms with van der Waals surface area (Å²) in [5, 5.41) is 0. The third-order valence-corrected chi connectivity index (χ3v) is 1.56. The summed E-state index contributed by atoms with van der Waals surface area (Å²) in [6.07, 6.45) is 0.460. The average Bonchev–Trinajstić information content (AvgIpc) is 2.19. The van der Waals surface area contributed by atoms with Gasteiger partial charge in [0, 0.05) is 0 Å². The molecular formula is C11H12O3. The van der Waals surface area contributed by atoms with E-state index in [1.54, 1.807) is 31.2 Å². The van der Waals surface area contributed by atoms with Crippen molar-refractivity contribution in [1.82, 2.24) is 0 Å². The van der Waals surface area contributed by atoms with Gasteiger partial charge in [0.15, 0.2) is 0 Å². The topological polar surface area (TPSA) is 35.5 Å². The summed E-state index contributed by atoms with van der Waals surface area (Å²) >= 11 is 0. The molecule has 1 rings (SSSR count). The summed E-state index contributed by atoms with van der Waals surface area (Å²) in [4.78, 5) is 11.1. The fraction of sp³-hybridized carbons (Fsp3) is 0.182. The largest absolute Gasteiger partial charge is 0.514 e. The van der Waals surface area contributed by atoms with Gasteiger partial charge >= 0.3 is 6.16 Å². The van der Waals surface area contributed by atoms with Crippen molar-refractivity contribution in [2.45, 2.75) is 13.0 Å². The van der Waals surface area contributed by atoms with E-state index in [4.69, 9.17) is 9.47 Å². The Morgan fingerprint density at radius 1 is 1.43 bits per heavy atom. The predicted molar refractivity (Wildman–Crippen MR) is 53.2 cm³/mol. The van der Waals surface area contributed by atoms with E-state index in [0.717, 1.165) is 0 Å². The zero-order valence-electron chi connectivity index (χ0n) is 7.97. The molecule has 0 fully saturated rings. The van der Waals surface area contributed by atoms with Gasteiger partial charge in [0.05, 0.1) is 0 Å². The zero-order valence-corrected chi connectivity index (χ0v) is 7.97. The Kier molecular flexibility index (Phi) is 3.73. The van der Waals surface area contributed by atoms with Gasteiger partial charge in [-0.1, -0.05) is 30.9 Å². The molecule has 74 valence electrons. The van der Waals surface area contributed by atoms with Crippen molar-refractivity contribution < 1.29 is 14.3 Å². The molecular weight excluding hydrogens is 180 g/mol. The van der Waals surface area contributed by atoms with Crippen molar-refractivity contribution in [2.24, 2.45) is 0 Å². The fourth-order valence-electron chi connectivity index (χ4n) is 0.809. The van der Waals surface area contributed by atoms with Crippen molar-refractivity contribution >= 4 is 6.16 Å². The quantitative estimate of drug-likeness (QED) is 0.419. The van der Waals surface area contributed by atoms with E-state index in [0.29, 0.717) is 5.75 Å². The second-order valence-corrected chi connectivity index (χ2v) is 2.72. The predicted octanol–water partition coefficient (Wildman–Crippen LogP) is 2.78. The molecule has 0 N–H and O–H groups in total. The van der Waals surface area contributed by atoms with E-state index >= 15 is 0 Å². The minimum Gasteiger partial charge on any atom is -0.427 e. The van der Waals surface area contributed by atoms with Crippen LogP contribution in [0.3, 0.4) is 0 Å². The van der Waals surface area contributed by atoms with Crippen molar-refractivity contribution in [3.05, 3.63) is 43.0 Å². The third kappa shape index (κ3) is 3.31. The summed E-state index contributed by atoms with van der Waals surface area (Å²) in [5.41, 5.74) is 0. The number of hydrogen-bond donors (Lipinski definition) is 0. The van der Waals surface area contributed by atoms with E-state index in [1.165, 1.54) is 6.08 Å². The number of benzene rings is 1. The first-order valence-electron chi connectivity index (χ1n) is 4.28. The van der Waals surface area contributed by atoms with Gasteiger partial charge in [0.2, 0.25) is 0 Å². The van der Waals surface area contributed by atoms with E-state index in [1.807, 2.05) is 6.07 Å². The third-order valence-electron chi connectivity index (χ3n) is 1.56. The molecule has 0 aliphatic heterocycles. The smallest absolute Gasteiger partial charge is 0.427 e. The second kappa shape index (κ2) is 5.07. The lowest BCUT2D eigenvalue weighted by Crippen LogP contribution is -2.16. The van der Waals surface area contributed by atoms with Crippen LogP contribution in [0.1, 0.15) is 6.92 Å². The van der Waals surface area contributed by atoms with E-state index in [-0.39, 0.29) is 6.10 Å². The van der Waals surface area contributed by atoms with Crippen LogP contribution >= 0.6 is 0 Å². The number of hydrogen-bond acceptors (Lipinski definition) is 3. The molecule has 1 aromatic rings. The number of carbonyl (C=O) groups excluding carboxylic acids is 1. The Morgan fingerprint density at radius 3 is 2.64 bits per heavy atom.